The highest BCUT2D eigenvalue weighted by atomic mass is 16.3. The van der Waals surface area contributed by atoms with Crippen LogP contribution in [0.4, 0.5) is 5.95 Å². The van der Waals surface area contributed by atoms with Gasteiger partial charge in [-0.25, -0.2) is 4.68 Å². The van der Waals surface area contributed by atoms with Crippen molar-refractivity contribution in [3.8, 4) is 11.4 Å². The molecule has 3 aromatic heterocycles. The summed E-state index contributed by atoms with van der Waals surface area (Å²) in [5.41, 5.74) is 0.829. The van der Waals surface area contributed by atoms with Gasteiger partial charge >= 0.3 is 0 Å². The van der Waals surface area contributed by atoms with E-state index in [0.717, 1.165) is 37.7 Å². The van der Waals surface area contributed by atoms with Gasteiger partial charge in [0.25, 0.3) is 5.91 Å². The molecule has 2 aliphatic carbocycles. The van der Waals surface area contributed by atoms with Crippen LogP contribution < -0.4 is 4.90 Å². The van der Waals surface area contributed by atoms with E-state index in [1.165, 1.54) is 25.7 Å². The van der Waals surface area contributed by atoms with Crippen molar-refractivity contribution in [1.29, 1.82) is 0 Å². The van der Waals surface area contributed by atoms with Crippen molar-refractivity contribution in [3.63, 3.8) is 0 Å². The third-order valence-corrected chi connectivity index (χ3v) is 7.57. The molecule has 0 bridgehead atoms. The van der Waals surface area contributed by atoms with Crippen molar-refractivity contribution in [1.82, 2.24) is 19.7 Å². The molecular weight excluding hydrogens is 390 g/mol. The van der Waals surface area contributed by atoms with E-state index < -0.39 is 0 Å². The van der Waals surface area contributed by atoms with E-state index in [1.54, 1.807) is 30.8 Å². The number of amides is 1. The highest BCUT2D eigenvalue weighted by molar-refractivity contribution is 6.04. The van der Waals surface area contributed by atoms with Crippen molar-refractivity contribution in [2.24, 2.45) is 5.92 Å². The molecule has 1 amide bonds. The van der Waals surface area contributed by atoms with Crippen LogP contribution in [0.15, 0.2) is 47.3 Å². The third-order valence-electron chi connectivity index (χ3n) is 7.57. The molecule has 3 aromatic rings. The Bertz CT molecular complexity index is 1070. The number of carbonyl (C=O) groups excluding carboxylic acids is 1. The molecule has 31 heavy (non-hydrogen) atoms. The standard InChI is InChI=1S/C24H27N5O2/c30-22(20-11-7-15-31-20)28-19-10-3-2-9-18(19)24(12-4-1-5-13-24)29-23(28)26-21(27-29)17-8-6-14-25-16-17/h6-8,11,14-16,18-19H,1-5,9-10,12-13H2/t18-,19+/m1/s1. The molecule has 7 nitrogen and oxygen atoms in total. The summed E-state index contributed by atoms with van der Waals surface area (Å²) >= 11 is 0. The lowest BCUT2D eigenvalue weighted by Gasteiger charge is -2.55. The fraction of sp³-hybridized carbons (Fsp3) is 0.500. The van der Waals surface area contributed by atoms with Crippen LogP contribution in [0.1, 0.15) is 68.3 Å². The van der Waals surface area contributed by atoms with Crippen LogP contribution >= 0.6 is 0 Å². The Morgan fingerprint density at radius 3 is 2.71 bits per heavy atom. The molecule has 1 aliphatic heterocycles. The minimum absolute atomic E-state index is 0.0495. The van der Waals surface area contributed by atoms with E-state index in [0.29, 0.717) is 23.5 Å². The third kappa shape index (κ3) is 2.86. The van der Waals surface area contributed by atoms with E-state index in [9.17, 15) is 4.79 Å². The summed E-state index contributed by atoms with van der Waals surface area (Å²) in [6.07, 6.45) is 15.5. The molecule has 1 spiro atoms. The Kier molecular flexibility index (Phi) is 4.44. The number of rotatable bonds is 2. The fourth-order valence-corrected chi connectivity index (χ4v) is 6.24. The first-order valence-electron chi connectivity index (χ1n) is 11.5. The first kappa shape index (κ1) is 18.8. The molecule has 2 atom stereocenters. The predicted molar refractivity (Wildman–Crippen MR) is 116 cm³/mol. The summed E-state index contributed by atoms with van der Waals surface area (Å²) in [5, 5.41) is 5.04. The number of nitrogens with zero attached hydrogens (tertiary/aromatic N) is 5. The fourth-order valence-electron chi connectivity index (χ4n) is 6.24. The topological polar surface area (TPSA) is 77.1 Å². The second kappa shape index (κ2) is 7.32. The Labute approximate surface area is 181 Å². The maximum Gasteiger partial charge on any atom is 0.296 e. The predicted octanol–water partition coefficient (Wildman–Crippen LogP) is 4.81. The normalized spacial score (nSPS) is 24.6. The minimum Gasteiger partial charge on any atom is -0.459 e. The zero-order chi connectivity index (χ0) is 20.8. The Balaban J connectivity index is 1.55. The Hall–Kier alpha value is -2.96. The summed E-state index contributed by atoms with van der Waals surface area (Å²) in [5.74, 6) is 1.96. The Morgan fingerprint density at radius 2 is 1.94 bits per heavy atom. The number of pyridine rings is 1. The smallest absolute Gasteiger partial charge is 0.296 e. The second-order valence-electron chi connectivity index (χ2n) is 9.16. The zero-order valence-electron chi connectivity index (χ0n) is 17.6. The first-order chi connectivity index (χ1) is 15.3. The molecule has 0 aromatic carbocycles. The quantitative estimate of drug-likeness (QED) is 0.598. The lowest BCUT2D eigenvalue weighted by molar-refractivity contribution is 0.0309. The van der Waals surface area contributed by atoms with Gasteiger partial charge < -0.3 is 4.42 Å². The van der Waals surface area contributed by atoms with Gasteiger partial charge in [0.05, 0.1) is 11.8 Å². The van der Waals surface area contributed by atoms with E-state index in [2.05, 4.69) is 9.67 Å². The lowest BCUT2D eigenvalue weighted by Crippen LogP contribution is -2.61. The van der Waals surface area contributed by atoms with Crippen LogP contribution in [-0.4, -0.2) is 31.7 Å². The molecule has 3 aliphatic rings. The van der Waals surface area contributed by atoms with Gasteiger partial charge in [-0.3, -0.25) is 14.7 Å². The van der Waals surface area contributed by atoms with Crippen molar-refractivity contribution in [2.75, 3.05) is 4.90 Å². The van der Waals surface area contributed by atoms with E-state index in [1.807, 2.05) is 17.0 Å². The maximum absolute atomic E-state index is 13.6. The number of fused-ring (bicyclic) bond motifs is 4. The highest BCUT2D eigenvalue weighted by Gasteiger charge is 2.55. The van der Waals surface area contributed by atoms with Crippen molar-refractivity contribution >= 4 is 11.9 Å². The first-order valence-corrected chi connectivity index (χ1v) is 11.5. The van der Waals surface area contributed by atoms with Gasteiger partial charge in [0.1, 0.15) is 0 Å². The molecule has 0 saturated heterocycles. The van der Waals surface area contributed by atoms with Crippen LogP contribution in [0, 0.1) is 5.92 Å². The Morgan fingerprint density at radius 1 is 1.06 bits per heavy atom. The van der Waals surface area contributed by atoms with Gasteiger partial charge in [-0.1, -0.05) is 32.1 Å². The average Bonchev–Trinajstić information content (AvgIpc) is 3.52. The molecule has 0 N–H and O–H groups in total. The molecule has 2 fully saturated rings. The van der Waals surface area contributed by atoms with Crippen molar-refractivity contribution < 1.29 is 9.21 Å². The summed E-state index contributed by atoms with van der Waals surface area (Å²) < 4.78 is 7.64. The number of aromatic nitrogens is 4. The summed E-state index contributed by atoms with van der Waals surface area (Å²) in [6.45, 7) is 0. The van der Waals surface area contributed by atoms with Gasteiger partial charge in [0.2, 0.25) is 5.95 Å². The van der Waals surface area contributed by atoms with Crippen LogP contribution in [0.3, 0.4) is 0 Å². The molecule has 160 valence electrons. The molecule has 4 heterocycles. The average molecular weight is 418 g/mol. The number of hydrogen-bond acceptors (Lipinski definition) is 5. The van der Waals surface area contributed by atoms with Gasteiger partial charge in [-0.2, -0.15) is 4.98 Å². The van der Waals surface area contributed by atoms with E-state index in [-0.39, 0.29) is 17.5 Å². The molecule has 0 radical (unpaired) electrons. The van der Waals surface area contributed by atoms with E-state index in [4.69, 9.17) is 14.5 Å². The van der Waals surface area contributed by atoms with Crippen molar-refractivity contribution in [3.05, 3.63) is 48.7 Å². The number of hydrogen-bond donors (Lipinski definition) is 0. The molecule has 7 heteroatoms. The van der Waals surface area contributed by atoms with Gasteiger partial charge in [-0.15, -0.1) is 5.10 Å². The summed E-state index contributed by atoms with van der Waals surface area (Å²) in [4.78, 5) is 24.7. The number of furan rings is 1. The zero-order valence-corrected chi connectivity index (χ0v) is 17.6. The van der Waals surface area contributed by atoms with Crippen molar-refractivity contribution in [2.45, 2.75) is 69.4 Å². The minimum atomic E-state index is -0.112. The van der Waals surface area contributed by atoms with Crippen LogP contribution in [-0.2, 0) is 5.54 Å². The second-order valence-corrected chi connectivity index (χ2v) is 9.16. The van der Waals surface area contributed by atoms with Gasteiger partial charge in [0.15, 0.2) is 11.6 Å². The highest BCUT2D eigenvalue weighted by Crippen LogP contribution is 2.53. The number of carbonyl (C=O) groups is 1. The van der Waals surface area contributed by atoms with Crippen LogP contribution in [0.2, 0.25) is 0 Å². The van der Waals surface area contributed by atoms with Gasteiger partial charge in [0, 0.05) is 29.9 Å². The number of anilines is 1. The molecular formula is C24H27N5O2. The molecule has 0 unspecified atom stereocenters. The van der Waals surface area contributed by atoms with Crippen LogP contribution in [0.25, 0.3) is 11.4 Å². The van der Waals surface area contributed by atoms with Gasteiger partial charge in [-0.05, 0) is 49.9 Å². The monoisotopic (exact) mass is 417 g/mol. The maximum atomic E-state index is 13.6. The SMILES string of the molecule is O=C(c1ccco1)N1c2nc(-c3cccnc3)nn2C2(CCCCC2)[C@@H]2CCCC[C@@H]21. The lowest BCUT2D eigenvalue weighted by atomic mass is 9.64. The van der Waals surface area contributed by atoms with E-state index >= 15 is 0 Å². The molecule has 2 saturated carbocycles. The summed E-state index contributed by atoms with van der Waals surface area (Å²) in [7, 11) is 0. The molecule has 6 rings (SSSR count). The summed E-state index contributed by atoms with van der Waals surface area (Å²) in [6, 6.07) is 7.53. The van der Waals surface area contributed by atoms with Crippen LogP contribution in [0.5, 0.6) is 0 Å². The largest absolute Gasteiger partial charge is 0.459 e.